The minimum atomic E-state index is -0.143. The molecule has 0 spiro atoms. The SMILES string of the molecule is CCNC(=NCC1(C)CCCO1)NCC(OC)c1cccc(Cl)c1.I. The van der Waals surface area contributed by atoms with E-state index in [9.17, 15) is 0 Å². The lowest BCUT2D eigenvalue weighted by molar-refractivity contribution is 0.0283. The molecule has 1 aromatic rings. The number of benzene rings is 1. The van der Waals surface area contributed by atoms with Crippen LogP contribution in [0.3, 0.4) is 0 Å². The monoisotopic (exact) mass is 481 g/mol. The summed E-state index contributed by atoms with van der Waals surface area (Å²) in [7, 11) is 1.70. The van der Waals surface area contributed by atoms with Gasteiger partial charge in [-0.2, -0.15) is 0 Å². The second-order valence-corrected chi connectivity index (χ2v) is 6.69. The summed E-state index contributed by atoms with van der Waals surface area (Å²) in [4.78, 5) is 4.67. The first-order valence-corrected chi connectivity index (χ1v) is 8.88. The molecule has 0 aromatic heterocycles. The Morgan fingerprint density at radius 2 is 2.24 bits per heavy atom. The highest BCUT2D eigenvalue weighted by molar-refractivity contribution is 14.0. The molecule has 0 radical (unpaired) electrons. The van der Waals surface area contributed by atoms with E-state index in [2.05, 4.69) is 29.5 Å². The summed E-state index contributed by atoms with van der Waals surface area (Å²) >= 11 is 6.07. The molecule has 7 heteroatoms. The molecule has 1 aliphatic rings. The third-order valence-corrected chi connectivity index (χ3v) is 4.41. The van der Waals surface area contributed by atoms with Crippen LogP contribution in [0.25, 0.3) is 0 Å². The number of rotatable bonds is 7. The van der Waals surface area contributed by atoms with Gasteiger partial charge in [-0.1, -0.05) is 23.7 Å². The average Bonchev–Trinajstić information content (AvgIpc) is 3.00. The predicted octanol–water partition coefficient (Wildman–Crippen LogP) is 3.77. The molecule has 2 N–H and O–H groups in total. The molecule has 0 amide bonds. The topological polar surface area (TPSA) is 54.9 Å². The fourth-order valence-electron chi connectivity index (χ4n) is 2.78. The van der Waals surface area contributed by atoms with Crippen LogP contribution >= 0.6 is 35.6 Å². The van der Waals surface area contributed by atoms with Crippen LogP contribution in [-0.4, -0.2) is 44.9 Å². The van der Waals surface area contributed by atoms with Crippen molar-refractivity contribution in [3.8, 4) is 0 Å². The van der Waals surface area contributed by atoms with Crippen LogP contribution in [0, 0.1) is 0 Å². The van der Waals surface area contributed by atoms with Crippen LogP contribution in [0.4, 0.5) is 0 Å². The fraction of sp³-hybridized carbons (Fsp3) is 0.611. The molecule has 0 aliphatic carbocycles. The Morgan fingerprint density at radius 3 is 2.84 bits per heavy atom. The predicted molar refractivity (Wildman–Crippen MR) is 114 cm³/mol. The zero-order valence-electron chi connectivity index (χ0n) is 15.2. The number of methoxy groups -OCH3 is 1. The number of ether oxygens (including phenoxy) is 2. The molecule has 0 saturated carbocycles. The van der Waals surface area contributed by atoms with E-state index in [0.29, 0.717) is 18.1 Å². The number of guanidine groups is 1. The maximum Gasteiger partial charge on any atom is 0.191 e. The number of nitrogens with one attached hydrogen (secondary N) is 2. The van der Waals surface area contributed by atoms with E-state index in [1.54, 1.807) is 7.11 Å². The van der Waals surface area contributed by atoms with Crippen LogP contribution in [0.1, 0.15) is 38.4 Å². The Balaban J connectivity index is 0.00000312. The van der Waals surface area contributed by atoms with Crippen LogP contribution in [0.2, 0.25) is 5.02 Å². The van der Waals surface area contributed by atoms with E-state index in [1.165, 1.54) is 0 Å². The second-order valence-electron chi connectivity index (χ2n) is 6.26. The molecule has 1 aromatic carbocycles. The Bertz CT molecular complexity index is 551. The third kappa shape index (κ3) is 7.29. The van der Waals surface area contributed by atoms with E-state index < -0.39 is 0 Å². The van der Waals surface area contributed by atoms with Gasteiger partial charge in [-0.3, -0.25) is 4.99 Å². The molecule has 2 rings (SSSR count). The molecular formula is C18H29ClIN3O2. The first-order valence-electron chi connectivity index (χ1n) is 8.51. The van der Waals surface area contributed by atoms with Gasteiger partial charge in [0.05, 0.1) is 18.2 Å². The number of hydrogen-bond donors (Lipinski definition) is 2. The summed E-state index contributed by atoms with van der Waals surface area (Å²) in [5, 5.41) is 7.32. The largest absolute Gasteiger partial charge is 0.375 e. The van der Waals surface area contributed by atoms with Gasteiger partial charge in [0.15, 0.2) is 5.96 Å². The lowest BCUT2D eigenvalue weighted by Crippen LogP contribution is -2.41. The van der Waals surface area contributed by atoms with Crippen molar-refractivity contribution in [2.45, 2.75) is 38.4 Å². The van der Waals surface area contributed by atoms with E-state index in [4.69, 9.17) is 21.1 Å². The van der Waals surface area contributed by atoms with Gasteiger partial charge in [0, 0.05) is 31.8 Å². The third-order valence-electron chi connectivity index (χ3n) is 4.18. The Morgan fingerprint density at radius 1 is 1.44 bits per heavy atom. The first-order chi connectivity index (χ1) is 11.6. The average molecular weight is 482 g/mol. The van der Waals surface area contributed by atoms with Crippen molar-refractivity contribution < 1.29 is 9.47 Å². The lowest BCUT2D eigenvalue weighted by Gasteiger charge is -2.22. The van der Waals surface area contributed by atoms with E-state index in [0.717, 1.165) is 37.5 Å². The van der Waals surface area contributed by atoms with Gasteiger partial charge >= 0.3 is 0 Å². The van der Waals surface area contributed by atoms with Crippen molar-refractivity contribution >= 4 is 41.5 Å². The maximum absolute atomic E-state index is 6.07. The van der Waals surface area contributed by atoms with Crippen LogP contribution in [0.15, 0.2) is 29.3 Å². The van der Waals surface area contributed by atoms with Crippen molar-refractivity contribution in [3.05, 3.63) is 34.9 Å². The van der Waals surface area contributed by atoms with Gasteiger partial charge in [0.1, 0.15) is 0 Å². The van der Waals surface area contributed by atoms with E-state index in [1.807, 2.05) is 24.3 Å². The van der Waals surface area contributed by atoms with Crippen LogP contribution in [-0.2, 0) is 9.47 Å². The fourth-order valence-corrected chi connectivity index (χ4v) is 2.98. The van der Waals surface area contributed by atoms with Gasteiger partial charge in [-0.05, 0) is 44.4 Å². The van der Waals surface area contributed by atoms with Crippen molar-refractivity contribution in [3.63, 3.8) is 0 Å². The standard InChI is InChI=1S/C18H28ClN3O2.HI/c1-4-20-17(22-13-18(2)9-6-10-24-18)21-12-16(23-3)14-7-5-8-15(19)11-14;/h5,7-8,11,16H,4,6,9-10,12-13H2,1-3H3,(H2,20,21,22);1H. The Kier molecular flexibility index (Phi) is 10.1. The molecule has 0 bridgehead atoms. The Labute approximate surface area is 172 Å². The molecule has 1 saturated heterocycles. The highest BCUT2D eigenvalue weighted by Crippen LogP contribution is 2.25. The van der Waals surface area contributed by atoms with Gasteiger partial charge in [0.25, 0.3) is 0 Å². The molecule has 5 nitrogen and oxygen atoms in total. The van der Waals surface area contributed by atoms with Gasteiger partial charge in [0.2, 0.25) is 0 Å². The van der Waals surface area contributed by atoms with Gasteiger partial charge < -0.3 is 20.1 Å². The van der Waals surface area contributed by atoms with Crippen molar-refractivity contribution in [1.29, 1.82) is 0 Å². The highest BCUT2D eigenvalue weighted by atomic mass is 127. The smallest absolute Gasteiger partial charge is 0.191 e. The summed E-state index contributed by atoms with van der Waals surface area (Å²) in [6, 6.07) is 7.73. The molecular weight excluding hydrogens is 453 g/mol. The minimum Gasteiger partial charge on any atom is -0.375 e. The van der Waals surface area contributed by atoms with Gasteiger partial charge in [-0.25, -0.2) is 0 Å². The Hall–Kier alpha value is -0.570. The number of aliphatic imine (C=N–C) groups is 1. The normalized spacial score (nSPS) is 21.5. The van der Waals surface area contributed by atoms with E-state index >= 15 is 0 Å². The first kappa shape index (κ1) is 22.5. The molecule has 2 atom stereocenters. The molecule has 1 fully saturated rings. The zero-order valence-corrected chi connectivity index (χ0v) is 18.3. The highest BCUT2D eigenvalue weighted by Gasteiger charge is 2.29. The molecule has 142 valence electrons. The second kappa shape index (κ2) is 11.2. The molecule has 1 aliphatic heterocycles. The summed E-state index contributed by atoms with van der Waals surface area (Å²) in [5.41, 5.74) is 0.898. The zero-order chi connectivity index (χ0) is 17.4. The molecule has 25 heavy (non-hydrogen) atoms. The number of hydrogen-bond acceptors (Lipinski definition) is 3. The molecule has 2 unspecified atom stereocenters. The summed E-state index contributed by atoms with van der Waals surface area (Å²) in [6.07, 6.45) is 2.07. The number of halogens is 2. The van der Waals surface area contributed by atoms with Crippen LogP contribution in [0.5, 0.6) is 0 Å². The summed E-state index contributed by atoms with van der Waals surface area (Å²) < 4.78 is 11.4. The lowest BCUT2D eigenvalue weighted by atomic mass is 10.0. The maximum atomic E-state index is 6.07. The quantitative estimate of drug-likeness (QED) is 0.354. The minimum absolute atomic E-state index is 0. The van der Waals surface area contributed by atoms with Crippen molar-refractivity contribution in [2.75, 3.05) is 33.4 Å². The van der Waals surface area contributed by atoms with Crippen LogP contribution < -0.4 is 10.6 Å². The summed E-state index contributed by atoms with van der Waals surface area (Å²) in [6.45, 7) is 7.07. The molecule has 1 heterocycles. The van der Waals surface area contributed by atoms with E-state index in [-0.39, 0.29) is 35.7 Å². The summed E-state index contributed by atoms with van der Waals surface area (Å²) in [5.74, 6) is 0.776. The van der Waals surface area contributed by atoms with Crippen molar-refractivity contribution in [1.82, 2.24) is 10.6 Å². The van der Waals surface area contributed by atoms with Gasteiger partial charge in [-0.15, -0.1) is 24.0 Å². The van der Waals surface area contributed by atoms with Crippen molar-refractivity contribution in [2.24, 2.45) is 4.99 Å². The number of nitrogens with zero attached hydrogens (tertiary/aromatic N) is 1.